The van der Waals surface area contributed by atoms with Gasteiger partial charge in [0.05, 0.1) is 11.6 Å². The minimum atomic E-state index is -0.489. The Hall–Kier alpha value is -2.62. The van der Waals surface area contributed by atoms with E-state index in [0.29, 0.717) is 5.56 Å². The van der Waals surface area contributed by atoms with E-state index in [0.717, 1.165) is 16.7 Å². The van der Waals surface area contributed by atoms with Crippen LogP contribution < -0.4 is 5.32 Å². The van der Waals surface area contributed by atoms with E-state index in [1.54, 1.807) is 12.1 Å². The molecule has 2 rings (SSSR count). The van der Waals surface area contributed by atoms with E-state index in [1.807, 2.05) is 45.9 Å². The van der Waals surface area contributed by atoms with Crippen LogP contribution >= 0.6 is 0 Å². The predicted molar refractivity (Wildman–Crippen MR) is 98.7 cm³/mol. The number of nitrogens with one attached hydrogen (secondary N) is 1. The maximum atomic E-state index is 12.0. The highest BCUT2D eigenvalue weighted by atomic mass is 16.5. The molecule has 0 aliphatic heterocycles. The first-order valence-corrected chi connectivity index (χ1v) is 8.39. The molecule has 4 heteroatoms. The Bertz CT molecular complexity index is 796. The lowest BCUT2D eigenvalue weighted by atomic mass is 10.0. The van der Waals surface area contributed by atoms with E-state index in [2.05, 4.69) is 18.3 Å². The van der Waals surface area contributed by atoms with Gasteiger partial charge in [0.25, 0.3) is 5.91 Å². The summed E-state index contributed by atoms with van der Waals surface area (Å²) in [7, 11) is 0. The first-order chi connectivity index (χ1) is 11.8. The summed E-state index contributed by atoms with van der Waals surface area (Å²) in [5.41, 5.74) is 6.00. The van der Waals surface area contributed by atoms with Crippen LogP contribution in [0.3, 0.4) is 0 Å². The van der Waals surface area contributed by atoms with Crippen LogP contribution in [-0.4, -0.2) is 18.5 Å². The van der Waals surface area contributed by atoms with Gasteiger partial charge in [0, 0.05) is 0 Å². The van der Waals surface area contributed by atoms with Gasteiger partial charge in [0.1, 0.15) is 0 Å². The third-order valence-corrected chi connectivity index (χ3v) is 4.49. The molecule has 0 heterocycles. The second-order valence-electron chi connectivity index (χ2n) is 6.51. The molecule has 0 fully saturated rings. The number of hydrogen-bond donors (Lipinski definition) is 1. The molecule has 1 amide bonds. The van der Waals surface area contributed by atoms with Crippen LogP contribution in [0.5, 0.6) is 0 Å². The smallest absolute Gasteiger partial charge is 0.338 e. The van der Waals surface area contributed by atoms with Gasteiger partial charge in [-0.25, -0.2) is 4.79 Å². The van der Waals surface area contributed by atoms with Crippen LogP contribution in [0.2, 0.25) is 0 Å². The molecule has 0 bridgehead atoms. The molecule has 2 aromatic carbocycles. The van der Waals surface area contributed by atoms with Crippen LogP contribution in [0.1, 0.15) is 51.1 Å². The third-order valence-electron chi connectivity index (χ3n) is 4.49. The average molecular weight is 339 g/mol. The molecule has 0 saturated carbocycles. The molecule has 132 valence electrons. The first kappa shape index (κ1) is 18.7. The summed E-state index contributed by atoms with van der Waals surface area (Å²) in [6.07, 6.45) is 0. The van der Waals surface area contributed by atoms with E-state index >= 15 is 0 Å². The van der Waals surface area contributed by atoms with Gasteiger partial charge in [0.15, 0.2) is 6.61 Å². The topological polar surface area (TPSA) is 55.4 Å². The van der Waals surface area contributed by atoms with Crippen LogP contribution in [0, 0.1) is 27.7 Å². The predicted octanol–water partition coefficient (Wildman–Crippen LogP) is 3.95. The second-order valence-corrected chi connectivity index (χ2v) is 6.51. The van der Waals surface area contributed by atoms with Gasteiger partial charge in [-0.3, -0.25) is 4.79 Å². The van der Waals surface area contributed by atoms with Crippen molar-refractivity contribution in [2.24, 2.45) is 0 Å². The van der Waals surface area contributed by atoms with Crippen molar-refractivity contribution in [3.8, 4) is 0 Å². The molecule has 0 aliphatic carbocycles. The minimum Gasteiger partial charge on any atom is -0.452 e. The van der Waals surface area contributed by atoms with Crippen molar-refractivity contribution < 1.29 is 14.3 Å². The summed E-state index contributed by atoms with van der Waals surface area (Å²) < 4.78 is 5.11. The number of carbonyl (C=O) groups excluding carboxylic acids is 2. The van der Waals surface area contributed by atoms with Crippen LogP contribution in [0.4, 0.5) is 0 Å². The summed E-state index contributed by atoms with van der Waals surface area (Å²) in [5.74, 6) is -0.806. The lowest BCUT2D eigenvalue weighted by Crippen LogP contribution is -2.31. The first-order valence-electron chi connectivity index (χ1n) is 8.39. The highest BCUT2D eigenvalue weighted by Crippen LogP contribution is 2.16. The Morgan fingerprint density at radius 1 is 0.920 bits per heavy atom. The van der Waals surface area contributed by atoms with Crippen molar-refractivity contribution in [3.63, 3.8) is 0 Å². The second kappa shape index (κ2) is 7.97. The zero-order valence-electron chi connectivity index (χ0n) is 15.5. The van der Waals surface area contributed by atoms with Crippen LogP contribution in [0.15, 0.2) is 36.4 Å². The summed E-state index contributed by atoms with van der Waals surface area (Å²) in [5, 5.41) is 2.85. The van der Waals surface area contributed by atoms with Gasteiger partial charge < -0.3 is 10.1 Å². The molecule has 4 nitrogen and oxygen atoms in total. The molecule has 2 aromatic rings. The van der Waals surface area contributed by atoms with Crippen molar-refractivity contribution in [2.45, 2.75) is 40.7 Å². The number of ether oxygens (including phenoxy) is 1. The number of benzene rings is 2. The summed E-state index contributed by atoms with van der Waals surface area (Å²) in [6, 6.07) is 11.3. The quantitative estimate of drug-likeness (QED) is 0.839. The molecule has 1 atom stereocenters. The molecule has 0 saturated heterocycles. The fraction of sp³-hybridized carbons (Fsp3) is 0.333. The molecule has 1 N–H and O–H groups in total. The summed E-state index contributed by atoms with van der Waals surface area (Å²) in [6.45, 7) is 9.62. The monoisotopic (exact) mass is 339 g/mol. The fourth-order valence-corrected chi connectivity index (χ4v) is 2.48. The largest absolute Gasteiger partial charge is 0.452 e. The van der Waals surface area contributed by atoms with Crippen LogP contribution in [0.25, 0.3) is 0 Å². The summed E-state index contributed by atoms with van der Waals surface area (Å²) >= 11 is 0. The minimum absolute atomic E-state index is 0.146. The molecule has 0 spiro atoms. The maximum absolute atomic E-state index is 12.0. The number of aryl methyl sites for hydroxylation is 4. The van der Waals surface area contributed by atoms with Crippen LogP contribution in [-0.2, 0) is 9.53 Å². The van der Waals surface area contributed by atoms with Gasteiger partial charge >= 0.3 is 5.97 Å². The van der Waals surface area contributed by atoms with Gasteiger partial charge in [-0.1, -0.05) is 24.3 Å². The van der Waals surface area contributed by atoms with Crippen molar-refractivity contribution in [1.82, 2.24) is 5.32 Å². The lowest BCUT2D eigenvalue weighted by molar-refractivity contribution is -0.124. The molecule has 0 aromatic heterocycles. The average Bonchev–Trinajstić information content (AvgIpc) is 2.57. The molecular weight excluding hydrogens is 314 g/mol. The normalized spacial score (nSPS) is 11.7. The Balaban J connectivity index is 1.90. The van der Waals surface area contributed by atoms with E-state index in [-0.39, 0.29) is 18.6 Å². The number of amides is 1. The lowest BCUT2D eigenvalue weighted by Gasteiger charge is -2.16. The zero-order chi connectivity index (χ0) is 18.6. The SMILES string of the molecule is Cc1ccc(C(=O)OCC(=O)N[C@H](C)c2ccc(C)c(C)c2)cc1C. The molecule has 0 unspecified atom stereocenters. The highest BCUT2D eigenvalue weighted by Gasteiger charge is 2.14. The standard InChI is InChI=1S/C21H25NO3/c1-13-6-8-18(10-15(13)3)17(5)22-20(23)12-25-21(24)19-9-7-14(2)16(4)11-19/h6-11,17H,12H2,1-5H3,(H,22,23)/t17-/m1/s1. The van der Waals surface area contributed by atoms with Gasteiger partial charge in [-0.15, -0.1) is 0 Å². The highest BCUT2D eigenvalue weighted by molar-refractivity contribution is 5.91. The number of rotatable bonds is 5. The molecule has 25 heavy (non-hydrogen) atoms. The number of esters is 1. The van der Waals surface area contributed by atoms with E-state index in [1.165, 1.54) is 11.1 Å². The number of carbonyl (C=O) groups is 2. The molecular formula is C21H25NO3. The Kier molecular flexibility index (Phi) is 5.97. The van der Waals surface area contributed by atoms with E-state index in [9.17, 15) is 9.59 Å². The third kappa shape index (κ3) is 4.92. The Morgan fingerprint density at radius 3 is 2.12 bits per heavy atom. The molecule has 0 radical (unpaired) electrons. The summed E-state index contributed by atoms with van der Waals surface area (Å²) in [4.78, 5) is 24.1. The fourth-order valence-electron chi connectivity index (χ4n) is 2.48. The zero-order valence-corrected chi connectivity index (χ0v) is 15.5. The maximum Gasteiger partial charge on any atom is 0.338 e. The van der Waals surface area contributed by atoms with E-state index < -0.39 is 5.97 Å². The number of hydrogen-bond acceptors (Lipinski definition) is 3. The van der Waals surface area contributed by atoms with Crippen molar-refractivity contribution in [2.75, 3.05) is 6.61 Å². The van der Waals surface area contributed by atoms with Gasteiger partial charge in [-0.05, 0) is 74.6 Å². The van der Waals surface area contributed by atoms with Crippen molar-refractivity contribution in [1.29, 1.82) is 0 Å². The van der Waals surface area contributed by atoms with Gasteiger partial charge in [0.2, 0.25) is 0 Å². The Labute approximate surface area is 149 Å². The van der Waals surface area contributed by atoms with Gasteiger partial charge in [-0.2, -0.15) is 0 Å². The van der Waals surface area contributed by atoms with E-state index in [4.69, 9.17) is 4.74 Å². The molecule has 0 aliphatic rings. The van der Waals surface area contributed by atoms with Crippen molar-refractivity contribution in [3.05, 3.63) is 69.8 Å². The Morgan fingerprint density at radius 2 is 1.52 bits per heavy atom. The van der Waals surface area contributed by atoms with Crippen molar-refractivity contribution >= 4 is 11.9 Å².